The van der Waals surface area contributed by atoms with Crippen molar-refractivity contribution in [3.05, 3.63) is 54.0 Å². The third-order valence-corrected chi connectivity index (χ3v) is 6.01. The molecule has 1 aromatic heterocycles. The van der Waals surface area contributed by atoms with Gasteiger partial charge in [0.1, 0.15) is 11.9 Å². The number of ketones is 1. The number of hydrogen-bond donors (Lipinski definition) is 2. The zero-order valence-corrected chi connectivity index (χ0v) is 14.2. The van der Waals surface area contributed by atoms with Crippen LogP contribution in [0.15, 0.2) is 47.5 Å². The van der Waals surface area contributed by atoms with E-state index >= 15 is 0 Å². The Morgan fingerprint density at radius 3 is 2.76 bits per heavy atom. The minimum absolute atomic E-state index is 0.133. The molecule has 0 bridgehead atoms. The summed E-state index contributed by atoms with van der Waals surface area (Å²) in [5, 5.41) is 0.827. The molecule has 0 saturated heterocycles. The molecule has 1 aliphatic heterocycles. The Kier molecular flexibility index (Phi) is 3.52. The standard InChI is InChI=1S/C18H15FN2O3S/c1-2-16(22)18-13-7-10(3-6-17(13)25(23,24)21-18)14-9-20-15-8-11(19)4-5-12(14)15/h3-9,18,20-21H,2H2,1H3. The van der Waals surface area contributed by atoms with Crippen molar-refractivity contribution in [1.82, 2.24) is 9.71 Å². The van der Waals surface area contributed by atoms with E-state index in [1.807, 2.05) is 0 Å². The number of rotatable bonds is 3. The van der Waals surface area contributed by atoms with Crippen LogP contribution in [0.25, 0.3) is 22.0 Å². The summed E-state index contributed by atoms with van der Waals surface area (Å²) in [6, 6.07) is 8.53. The lowest BCUT2D eigenvalue weighted by atomic mass is 9.97. The number of aromatic amines is 1. The molecule has 1 atom stereocenters. The molecule has 3 aromatic rings. The maximum Gasteiger partial charge on any atom is 0.241 e. The summed E-state index contributed by atoms with van der Waals surface area (Å²) in [4.78, 5) is 15.3. The van der Waals surface area contributed by atoms with Crippen LogP contribution < -0.4 is 4.72 Å². The third-order valence-electron chi connectivity index (χ3n) is 4.51. The summed E-state index contributed by atoms with van der Waals surface area (Å²) < 4.78 is 40.2. The van der Waals surface area contributed by atoms with Gasteiger partial charge in [0, 0.05) is 29.1 Å². The number of carbonyl (C=O) groups excluding carboxylic acids is 1. The molecule has 0 radical (unpaired) electrons. The van der Waals surface area contributed by atoms with Crippen LogP contribution in [-0.4, -0.2) is 19.2 Å². The van der Waals surface area contributed by atoms with Gasteiger partial charge in [0.05, 0.1) is 4.90 Å². The number of carbonyl (C=O) groups is 1. The fourth-order valence-electron chi connectivity index (χ4n) is 3.25. The number of benzene rings is 2. The van der Waals surface area contributed by atoms with E-state index in [2.05, 4.69) is 9.71 Å². The summed E-state index contributed by atoms with van der Waals surface area (Å²) in [6.07, 6.45) is 1.99. The van der Waals surface area contributed by atoms with Gasteiger partial charge in [0.2, 0.25) is 10.0 Å². The molecule has 0 spiro atoms. The van der Waals surface area contributed by atoms with Crippen LogP contribution in [0.5, 0.6) is 0 Å². The Bertz CT molecular complexity index is 1120. The van der Waals surface area contributed by atoms with Gasteiger partial charge in [-0.15, -0.1) is 0 Å². The predicted octanol–water partition coefficient (Wildman–Crippen LogP) is 3.29. The van der Waals surface area contributed by atoms with Crippen LogP contribution >= 0.6 is 0 Å². The van der Waals surface area contributed by atoms with E-state index in [0.29, 0.717) is 11.1 Å². The summed E-state index contributed by atoms with van der Waals surface area (Å²) in [5.74, 6) is -0.515. The highest BCUT2D eigenvalue weighted by molar-refractivity contribution is 7.89. The van der Waals surface area contributed by atoms with Crippen LogP contribution in [0.3, 0.4) is 0 Å². The fourth-order valence-corrected chi connectivity index (χ4v) is 4.68. The van der Waals surface area contributed by atoms with Gasteiger partial charge in [-0.2, -0.15) is 4.72 Å². The molecule has 2 aromatic carbocycles. The largest absolute Gasteiger partial charge is 0.360 e. The van der Waals surface area contributed by atoms with Gasteiger partial charge in [-0.05, 0) is 41.5 Å². The molecule has 0 amide bonds. The quantitative estimate of drug-likeness (QED) is 0.754. The van der Waals surface area contributed by atoms with Crippen molar-refractivity contribution < 1.29 is 17.6 Å². The molecule has 25 heavy (non-hydrogen) atoms. The lowest BCUT2D eigenvalue weighted by Crippen LogP contribution is -2.25. The van der Waals surface area contributed by atoms with Gasteiger partial charge in [-0.3, -0.25) is 4.79 Å². The molecule has 0 saturated carbocycles. The van der Waals surface area contributed by atoms with Gasteiger partial charge in [-0.25, -0.2) is 12.8 Å². The number of hydrogen-bond acceptors (Lipinski definition) is 3. The van der Waals surface area contributed by atoms with E-state index in [0.717, 1.165) is 16.5 Å². The molecule has 1 aliphatic rings. The highest BCUT2D eigenvalue weighted by atomic mass is 32.2. The highest BCUT2D eigenvalue weighted by Crippen LogP contribution is 2.37. The summed E-state index contributed by atoms with van der Waals surface area (Å²) in [7, 11) is -3.67. The van der Waals surface area contributed by atoms with E-state index < -0.39 is 16.1 Å². The number of halogens is 1. The molecule has 1 unspecified atom stereocenters. The third kappa shape index (κ3) is 2.47. The molecule has 4 rings (SSSR count). The first-order valence-electron chi connectivity index (χ1n) is 7.86. The van der Waals surface area contributed by atoms with Crippen molar-refractivity contribution in [3.8, 4) is 11.1 Å². The zero-order chi connectivity index (χ0) is 17.8. The Morgan fingerprint density at radius 2 is 2.00 bits per heavy atom. The molecule has 0 fully saturated rings. The molecule has 2 N–H and O–H groups in total. The van der Waals surface area contributed by atoms with Gasteiger partial charge in [0.25, 0.3) is 0 Å². The van der Waals surface area contributed by atoms with E-state index in [9.17, 15) is 17.6 Å². The lowest BCUT2D eigenvalue weighted by molar-refractivity contribution is -0.120. The second-order valence-corrected chi connectivity index (χ2v) is 7.70. The van der Waals surface area contributed by atoms with Crippen molar-refractivity contribution in [2.24, 2.45) is 0 Å². The summed E-state index contributed by atoms with van der Waals surface area (Å²) >= 11 is 0. The van der Waals surface area contributed by atoms with Crippen LogP contribution in [0.1, 0.15) is 24.9 Å². The topological polar surface area (TPSA) is 79.0 Å². The van der Waals surface area contributed by atoms with Crippen LogP contribution in [-0.2, 0) is 14.8 Å². The van der Waals surface area contributed by atoms with Crippen LogP contribution in [0.2, 0.25) is 0 Å². The van der Waals surface area contributed by atoms with Gasteiger partial charge in [0.15, 0.2) is 5.78 Å². The van der Waals surface area contributed by atoms with E-state index in [4.69, 9.17) is 0 Å². The highest BCUT2D eigenvalue weighted by Gasteiger charge is 2.37. The van der Waals surface area contributed by atoms with E-state index in [-0.39, 0.29) is 22.9 Å². The maximum atomic E-state index is 13.4. The van der Waals surface area contributed by atoms with Crippen molar-refractivity contribution in [2.45, 2.75) is 24.3 Å². The van der Waals surface area contributed by atoms with E-state index in [1.165, 1.54) is 18.2 Å². The Hall–Kier alpha value is -2.51. The monoisotopic (exact) mass is 358 g/mol. The Balaban J connectivity index is 1.89. The number of nitrogens with one attached hydrogen (secondary N) is 2. The van der Waals surface area contributed by atoms with Crippen molar-refractivity contribution in [1.29, 1.82) is 0 Å². The molecular weight excluding hydrogens is 343 g/mol. The second kappa shape index (κ2) is 5.50. The average molecular weight is 358 g/mol. The van der Waals surface area contributed by atoms with Crippen molar-refractivity contribution >= 4 is 26.7 Å². The molecule has 2 heterocycles. The normalized spacial score (nSPS) is 18.4. The molecule has 5 nitrogen and oxygen atoms in total. The number of H-pyrrole nitrogens is 1. The summed E-state index contributed by atoms with van der Waals surface area (Å²) in [6.45, 7) is 1.70. The number of aromatic nitrogens is 1. The van der Waals surface area contributed by atoms with Crippen LogP contribution in [0.4, 0.5) is 4.39 Å². The van der Waals surface area contributed by atoms with Crippen LogP contribution in [0, 0.1) is 5.82 Å². The lowest BCUT2D eigenvalue weighted by Gasteiger charge is -2.09. The first-order chi connectivity index (χ1) is 11.9. The minimum Gasteiger partial charge on any atom is -0.360 e. The molecule has 0 aliphatic carbocycles. The smallest absolute Gasteiger partial charge is 0.241 e. The molecular formula is C18H15FN2O3S. The van der Waals surface area contributed by atoms with Gasteiger partial charge >= 0.3 is 0 Å². The second-order valence-electron chi connectivity index (χ2n) is 6.02. The minimum atomic E-state index is -3.67. The van der Waals surface area contributed by atoms with E-state index in [1.54, 1.807) is 31.3 Å². The number of sulfonamides is 1. The predicted molar refractivity (Wildman–Crippen MR) is 92.1 cm³/mol. The van der Waals surface area contributed by atoms with Gasteiger partial charge < -0.3 is 4.98 Å². The molecule has 128 valence electrons. The van der Waals surface area contributed by atoms with Crippen molar-refractivity contribution in [3.63, 3.8) is 0 Å². The Morgan fingerprint density at radius 1 is 1.20 bits per heavy atom. The van der Waals surface area contributed by atoms with Crippen molar-refractivity contribution in [2.75, 3.05) is 0 Å². The average Bonchev–Trinajstić information content (AvgIpc) is 3.12. The zero-order valence-electron chi connectivity index (χ0n) is 13.3. The SMILES string of the molecule is CCC(=O)C1NS(=O)(=O)c2ccc(-c3c[nH]c4cc(F)ccc34)cc21. The summed E-state index contributed by atoms with van der Waals surface area (Å²) in [5.41, 5.74) is 2.71. The number of fused-ring (bicyclic) bond motifs is 2. The first kappa shape index (κ1) is 16.0. The van der Waals surface area contributed by atoms with Gasteiger partial charge in [-0.1, -0.05) is 13.0 Å². The Labute approximate surface area is 143 Å². The molecule has 7 heteroatoms. The number of Topliss-reactive ketones (excluding diaryl/α,β-unsaturated/α-hetero) is 1. The first-order valence-corrected chi connectivity index (χ1v) is 9.35. The fraction of sp³-hybridized carbons (Fsp3) is 0.167. The maximum absolute atomic E-state index is 13.4.